The molecular formula is C34H55BO2P. The van der Waals surface area contributed by atoms with Gasteiger partial charge < -0.3 is 9.39 Å². The largest absolute Gasteiger partial charge is 0.429 e. The molecule has 0 aliphatic rings. The van der Waals surface area contributed by atoms with Crippen LogP contribution in [0.15, 0.2) is 48.5 Å². The lowest BCUT2D eigenvalue weighted by Crippen LogP contribution is -2.45. The van der Waals surface area contributed by atoms with Crippen LogP contribution < -0.4 is 5.46 Å². The van der Waals surface area contributed by atoms with Crippen molar-refractivity contribution in [2.75, 3.05) is 6.61 Å². The highest BCUT2D eigenvalue weighted by Crippen LogP contribution is 2.36. The minimum Gasteiger partial charge on any atom is -0.429 e. The molecule has 0 fully saturated rings. The maximum absolute atomic E-state index is 6.29. The van der Waals surface area contributed by atoms with E-state index in [-0.39, 0.29) is 21.8 Å². The molecule has 0 heterocycles. The molecular weight excluding hydrogens is 482 g/mol. The van der Waals surface area contributed by atoms with Crippen LogP contribution >= 0.6 is 9.24 Å². The summed E-state index contributed by atoms with van der Waals surface area (Å²) in [4.78, 5) is 0. The molecule has 2 aromatic rings. The second-order valence-electron chi connectivity index (χ2n) is 13.3. The molecule has 0 spiro atoms. The molecule has 0 N–H and O–H groups in total. The SMILES string of the molecule is CCC(C)(C)C(C)(C)OCCc1ccc(CCCCCCc2ccc([B]OC(C)(C)C(C)(C)P)cc2)cc1. The van der Waals surface area contributed by atoms with Gasteiger partial charge in [0.2, 0.25) is 0 Å². The molecule has 211 valence electrons. The topological polar surface area (TPSA) is 18.5 Å². The van der Waals surface area contributed by atoms with E-state index in [1.807, 2.05) is 7.48 Å². The smallest absolute Gasteiger partial charge is 0.330 e. The van der Waals surface area contributed by atoms with Crippen molar-refractivity contribution in [1.29, 1.82) is 0 Å². The van der Waals surface area contributed by atoms with E-state index in [2.05, 4.69) is 120 Å². The summed E-state index contributed by atoms with van der Waals surface area (Å²) in [5.74, 6) is 0. The third-order valence-electron chi connectivity index (χ3n) is 9.09. The monoisotopic (exact) mass is 537 g/mol. The van der Waals surface area contributed by atoms with Gasteiger partial charge in [0.15, 0.2) is 0 Å². The Kier molecular flexibility index (Phi) is 12.6. The van der Waals surface area contributed by atoms with Crippen molar-refractivity contribution in [3.8, 4) is 0 Å². The van der Waals surface area contributed by atoms with Crippen molar-refractivity contribution < 1.29 is 9.39 Å². The summed E-state index contributed by atoms with van der Waals surface area (Å²) in [6.45, 7) is 20.7. The van der Waals surface area contributed by atoms with Crippen LogP contribution in [0.2, 0.25) is 0 Å². The van der Waals surface area contributed by atoms with Crippen LogP contribution in [-0.4, -0.2) is 30.4 Å². The van der Waals surface area contributed by atoms with Crippen LogP contribution in [-0.2, 0) is 28.7 Å². The Bertz CT molecular complexity index is 940. The van der Waals surface area contributed by atoms with E-state index in [1.54, 1.807) is 0 Å². The van der Waals surface area contributed by atoms with Gasteiger partial charge in [-0.1, -0.05) is 101 Å². The Morgan fingerprint density at radius 3 is 1.53 bits per heavy atom. The average Bonchev–Trinajstić information content (AvgIpc) is 2.85. The van der Waals surface area contributed by atoms with Crippen LogP contribution in [0.3, 0.4) is 0 Å². The fraction of sp³-hybridized carbons (Fsp3) is 0.647. The Morgan fingerprint density at radius 2 is 1.08 bits per heavy atom. The molecule has 4 heteroatoms. The number of rotatable bonds is 17. The van der Waals surface area contributed by atoms with Gasteiger partial charge in [-0.3, -0.25) is 0 Å². The summed E-state index contributed by atoms with van der Waals surface area (Å²) in [7, 11) is 4.78. The van der Waals surface area contributed by atoms with Gasteiger partial charge in [-0.25, -0.2) is 0 Å². The zero-order valence-electron chi connectivity index (χ0n) is 26.0. The van der Waals surface area contributed by atoms with Gasteiger partial charge in [-0.05, 0) is 88.3 Å². The van der Waals surface area contributed by atoms with E-state index in [9.17, 15) is 0 Å². The second kappa shape index (κ2) is 14.5. The van der Waals surface area contributed by atoms with E-state index in [1.165, 1.54) is 48.8 Å². The Hall–Kier alpha value is -1.15. The van der Waals surface area contributed by atoms with Crippen LogP contribution in [0.1, 0.15) is 111 Å². The first-order valence-electron chi connectivity index (χ1n) is 14.8. The highest BCUT2D eigenvalue weighted by atomic mass is 31.0. The summed E-state index contributed by atoms with van der Waals surface area (Å²) in [6.07, 6.45) is 9.49. The molecule has 2 aromatic carbocycles. The maximum Gasteiger partial charge on any atom is 0.330 e. The lowest BCUT2D eigenvalue weighted by Gasteiger charge is -2.41. The standard InChI is InChI=1S/C34H55BO2P/c1-10-31(2,3)32(4,5)36-26-25-29-19-17-27(18-20-29)15-13-11-12-14-16-28-21-23-30(24-22-28)35-37-33(6,7)34(8,9)38/h17-24H,10-16,25-26,38H2,1-9H3. The zero-order chi connectivity index (χ0) is 28.5. The summed E-state index contributed by atoms with van der Waals surface area (Å²) >= 11 is 0. The summed E-state index contributed by atoms with van der Waals surface area (Å²) in [5.41, 5.74) is 5.18. The van der Waals surface area contributed by atoms with Crippen molar-refractivity contribution in [1.82, 2.24) is 0 Å². The zero-order valence-corrected chi connectivity index (χ0v) is 27.1. The summed E-state index contributed by atoms with van der Waals surface area (Å²) in [5, 5.41) is 0.00534. The first-order chi connectivity index (χ1) is 17.7. The number of ether oxygens (including phenoxy) is 1. The van der Waals surface area contributed by atoms with Gasteiger partial charge in [-0.15, -0.1) is 9.24 Å². The van der Waals surface area contributed by atoms with Gasteiger partial charge in [0.25, 0.3) is 0 Å². The molecule has 2 nitrogen and oxygen atoms in total. The molecule has 0 bridgehead atoms. The van der Waals surface area contributed by atoms with Crippen molar-refractivity contribution >= 4 is 22.2 Å². The fourth-order valence-corrected chi connectivity index (χ4v) is 4.13. The third kappa shape index (κ3) is 10.4. The number of unbranched alkanes of at least 4 members (excludes halogenated alkanes) is 3. The number of hydrogen-bond acceptors (Lipinski definition) is 2. The Labute approximate surface area is 238 Å². The normalized spacial score (nSPS) is 13.1. The van der Waals surface area contributed by atoms with E-state index >= 15 is 0 Å². The van der Waals surface area contributed by atoms with Gasteiger partial charge in [0.1, 0.15) is 0 Å². The molecule has 0 amide bonds. The average molecular weight is 538 g/mol. The van der Waals surface area contributed by atoms with Gasteiger partial charge in [-0.2, -0.15) is 0 Å². The second-order valence-corrected chi connectivity index (χ2v) is 14.7. The molecule has 0 saturated carbocycles. The molecule has 1 unspecified atom stereocenters. The first kappa shape index (κ1) is 33.1. The lowest BCUT2D eigenvalue weighted by molar-refractivity contribution is -0.0978. The van der Waals surface area contributed by atoms with E-state index in [0.29, 0.717) is 0 Å². The molecule has 0 aromatic heterocycles. The van der Waals surface area contributed by atoms with Crippen LogP contribution in [0.25, 0.3) is 0 Å². The fourth-order valence-electron chi connectivity index (χ4n) is 4.06. The number of benzene rings is 2. The molecule has 1 radical (unpaired) electrons. The van der Waals surface area contributed by atoms with Gasteiger partial charge >= 0.3 is 7.48 Å². The molecule has 2 rings (SSSR count). The predicted molar refractivity (Wildman–Crippen MR) is 171 cm³/mol. The van der Waals surface area contributed by atoms with Crippen LogP contribution in [0.4, 0.5) is 0 Å². The maximum atomic E-state index is 6.29. The van der Waals surface area contributed by atoms with E-state index < -0.39 is 0 Å². The highest BCUT2D eigenvalue weighted by Gasteiger charge is 2.36. The minimum absolute atomic E-state index is 0.00534. The van der Waals surface area contributed by atoms with E-state index in [4.69, 9.17) is 9.39 Å². The molecule has 38 heavy (non-hydrogen) atoms. The van der Waals surface area contributed by atoms with E-state index in [0.717, 1.165) is 31.3 Å². The summed E-state index contributed by atoms with van der Waals surface area (Å²) in [6, 6.07) is 18.0. The summed E-state index contributed by atoms with van der Waals surface area (Å²) < 4.78 is 12.4. The highest BCUT2D eigenvalue weighted by molar-refractivity contribution is 7.19. The van der Waals surface area contributed by atoms with Gasteiger partial charge in [0, 0.05) is 5.16 Å². The van der Waals surface area contributed by atoms with Crippen molar-refractivity contribution in [2.24, 2.45) is 5.41 Å². The number of aryl methyl sites for hydroxylation is 2. The van der Waals surface area contributed by atoms with Crippen LogP contribution in [0, 0.1) is 5.41 Å². The third-order valence-corrected chi connectivity index (χ3v) is 9.79. The van der Waals surface area contributed by atoms with Crippen molar-refractivity contribution in [3.63, 3.8) is 0 Å². The predicted octanol–water partition coefficient (Wildman–Crippen LogP) is 8.50. The molecule has 0 aliphatic heterocycles. The number of hydrogen-bond donors (Lipinski definition) is 0. The molecule has 1 atom stereocenters. The van der Waals surface area contributed by atoms with Crippen molar-refractivity contribution in [2.45, 2.75) is 130 Å². The lowest BCUT2D eigenvalue weighted by atomic mass is 9.75. The first-order valence-corrected chi connectivity index (χ1v) is 15.4. The van der Waals surface area contributed by atoms with Crippen LogP contribution in [0.5, 0.6) is 0 Å². The quantitative estimate of drug-likeness (QED) is 0.114. The molecule has 0 aliphatic carbocycles. The Balaban J connectivity index is 1.62. The Morgan fingerprint density at radius 1 is 0.632 bits per heavy atom. The minimum atomic E-state index is -0.240. The molecule has 0 saturated heterocycles. The van der Waals surface area contributed by atoms with Gasteiger partial charge in [0.05, 0.1) is 17.8 Å². The van der Waals surface area contributed by atoms with Crippen molar-refractivity contribution in [3.05, 3.63) is 65.2 Å².